The van der Waals surface area contributed by atoms with Crippen LogP contribution in [0.2, 0.25) is 0 Å². The van der Waals surface area contributed by atoms with Gasteiger partial charge in [0.2, 0.25) is 5.95 Å². The molecule has 7 nitrogen and oxygen atoms in total. The molecule has 0 atom stereocenters. The molecule has 0 spiro atoms. The molecular formula is C12H7N5O2S. The summed E-state index contributed by atoms with van der Waals surface area (Å²) < 4.78 is 2.46. The standard InChI is InChI=1S/C12H7N5O2S/c18-11(19)6-3-14-17(4-6)12-15-7-1-2-8-10(9(7)16-12)13-5-20-8/h1-5H,(H,15,16)(H,18,19). The Bertz CT molecular complexity index is 951. The number of aromatic amines is 1. The molecule has 8 heteroatoms. The number of carboxylic acids is 1. The van der Waals surface area contributed by atoms with E-state index in [1.54, 1.807) is 16.8 Å². The van der Waals surface area contributed by atoms with Crippen molar-refractivity contribution in [2.75, 3.05) is 0 Å². The Balaban J connectivity index is 1.93. The average Bonchev–Trinajstić information content (AvgIpc) is 3.16. The van der Waals surface area contributed by atoms with Gasteiger partial charge < -0.3 is 10.1 Å². The molecule has 0 aliphatic carbocycles. The van der Waals surface area contributed by atoms with Crippen LogP contribution in [-0.2, 0) is 0 Å². The van der Waals surface area contributed by atoms with E-state index in [9.17, 15) is 4.79 Å². The third-order valence-corrected chi connectivity index (χ3v) is 3.78. The van der Waals surface area contributed by atoms with Gasteiger partial charge in [0.25, 0.3) is 0 Å². The quantitative estimate of drug-likeness (QED) is 0.587. The van der Waals surface area contributed by atoms with Gasteiger partial charge in [0.05, 0.1) is 27.5 Å². The Morgan fingerprint density at radius 2 is 2.25 bits per heavy atom. The van der Waals surface area contributed by atoms with Crippen molar-refractivity contribution in [1.82, 2.24) is 24.7 Å². The number of thiazole rings is 1. The molecule has 0 amide bonds. The van der Waals surface area contributed by atoms with Gasteiger partial charge >= 0.3 is 5.97 Å². The summed E-state index contributed by atoms with van der Waals surface area (Å²) in [6.07, 6.45) is 2.70. The van der Waals surface area contributed by atoms with Crippen molar-refractivity contribution >= 4 is 38.6 Å². The number of hydrogen-bond donors (Lipinski definition) is 2. The minimum absolute atomic E-state index is 0.115. The summed E-state index contributed by atoms with van der Waals surface area (Å²) in [4.78, 5) is 22.7. The van der Waals surface area contributed by atoms with Gasteiger partial charge in [0, 0.05) is 6.20 Å². The minimum Gasteiger partial charge on any atom is -0.478 e. The summed E-state index contributed by atoms with van der Waals surface area (Å²) in [6, 6.07) is 3.90. The lowest BCUT2D eigenvalue weighted by molar-refractivity contribution is 0.0697. The van der Waals surface area contributed by atoms with E-state index in [4.69, 9.17) is 5.11 Å². The molecule has 1 aromatic carbocycles. The van der Waals surface area contributed by atoms with Crippen LogP contribution in [0.3, 0.4) is 0 Å². The molecule has 0 unspecified atom stereocenters. The molecule has 0 aliphatic heterocycles. The molecule has 2 N–H and O–H groups in total. The van der Waals surface area contributed by atoms with Crippen LogP contribution in [-0.4, -0.2) is 35.8 Å². The van der Waals surface area contributed by atoms with Crippen LogP contribution in [0.15, 0.2) is 30.0 Å². The van der Waals surface area contributed by atoms with Crippen molar-refractivity contribution in [3.63, 3.8) is 0 Å². The lowest BCUT2D eigenvalue weighted by Gasteiger charge is -1.92. The van der Waals surface area contributed by atoms with Crippen LogP contribution >= 0.6 is 11.3 Å². The molecule has 4 rings (SSSR count). The second-order valence-electron chi connectivity index (χ2n) is 4.20. The van der Waals surface area contributed by atoms with Crippen molar-refractivity contribution in [2.24, 2.45) is 0 Å². The Kier molecular flexibility index (Phi) is 2.15. The van der Waals surface area contributed by atoms with E-state index in [-0.39, 0.29) is 5.56 Å². The molecule has 20 heavy (non-hydrogen) atoms. The summed E-state index contributed by atoms with van der Waals surface area (Å²) in [5, 5.41) is 12.9. The molecular weight excluding hydrogens is 278 g/mol. The molecule has 0 fully saturated rings. The Labute approximate surface area is 115 Å². The van der Waals surface area contributed by atoms with E-state index in [0.717, 1.165) is 21.3 Å². The maximum Gasteiger partial charge on any atom is 0.338 e. The van der Waals surface area contributed by atoms with Gasteiger partial charge in [-0.15, -0.1) is 11.3 Å². The lowest BCUT2D eigenvalue weighted by atomic mass is 10.3. The van der Waals surface area contributed by atoms with E-state index in [1.165, 1.54) is 17.1 Å². The van der Waals surface area contributed by atoms with Crippen LogP contribution in [0.1, 0.15) is 10.4 Å². The van der Waals surface area contributed by atoms with Crippen LogP contribution in [0, 0.1) is 0 Å². The van der Waals surface area contributed by atoms with Crippen LogP contribution in [0.4, 0.5) is 0 Å². The van der Waals surface area contributed by atoms with E-state index in [0.29, 0.717) is 5.95 Å². The first-order chi connectivity index (χ1) is 9.72. The van der Waals surface area contributed by atoms with Crippen molar-refractivity contribution in [2.45, 2.75) is 0 Å². The number of nitrogens with zero attached hydrogens (tertiary/aromatic N) is 4. The molecule has 3 aromatic heterocycles. The average molecular weight is 285 g/mol. The van der Waals surface area contributed by atoms with Crippen LogP contribution in [0.5, 0.6) is 0 Å². The van der Waals surface area contributed by atoms with Gasteiger partial charge in [-0.25, -0.2) is 19.4 Å². The maximum atomic E-state index is 10.9. The van der Waals surface area contributed by atoms with Gasteiger partial charge in [0.1, 0.15) is 11.0 Å². The van der Waals surface area contributed by atoms with Gasteiger partial charge in [-0.05, 0) is 12.1 Å². The number of fused-ring (bicyclic) bond motifs is 3. The van der Waals surface area contributed by atoms with E-state index in [2.05, 4.69) is 20.1 Å². The second kappa shape index (κ2) is 3.87. The zero-order chi connectivity index (χ0) is 13.7. The number of carbonyl (C=O) groups is 1. The summed E-state index contributed by atoms with van der Waals surface area (Å²) in [5.41, 5.74) is 4.32. The zero-order valence-corrected chi connectivity index (χ0v) is 10.8. The molecule has 0 saturated heterocycles. The topological polar surface area (TPSA) is 96.7 Å². The predicted molar refractivity (Wildman–Crippen MR) is 73.4 cm³/mol. The lowest BCUT2D eigenvalue weighted by Crippen LogP contribution is -1.97. The predicted octanol–water partition coefficient (Wildman–Crippen LogP) is 2.06. The summed E-state index contributed by atoms with van der Waals surface area (Å²) in [7, 11) is 0. The molecule has 0 bridgehead atoms. The van der Waals surface area contributed by atoms with Crippen LogP contribution in [0.25, 0.3) is 27.2 Å². The summed E-state index contributed by atoms with van der Waals surface area (Å²) in [6.45, 7) is 0. The van der Waals surface area contributed by atoms with Crippen molar-refractivity contribution < 1.29 is 9.90 Å². The highest BCUT2D eigenvalue weighted by Crippen LogP contribution is 2.25. The fraction of sp³-hybridized carbons (Fsp3) is 0. The smallest absolute Gasteiger partial charge is 0.338 e. The molecule has 98 valence electrons. The zero-order valence-electron chi connectivity index (χ0n) is 9.94. The Morgan fingerprint density at radius 3 is 3.05 bits per heavy atom. The number of H-pyrrole nitrogens is 1. The number of hydrogen-bond acceptors (Lipinski definition) is 5. The number of aromatic carboxylic acids is 1. The number of benzene rings is 1. The van der Waals surface area contributed by atoms with Gasteiger partial charge in [-0.2, -0.15) is 5.10 Å². The Morgan fingerprint density at radius 1 is 1.35 bits per heavy atom. The first-order valence-electron chi connectivity index (χ1n) is 5.72. The monoisotopic (exact) mass is 285 g/mol. The third kappa shape index (κ3) is 1.51. The van der Waals surface area contributed by atoms with E-state index < -0.39 is 5.97 Å². The number of aromatic nitrogens is 5. The first kappa shape index (κ1) is 11.1. The van der Waals surface area contributed by atoms with E-state index >= 15 is 0 Å². The first-order valence-corrected chi connectivity index (χ1v) is 6.60. The molecule has 3 heterocycles. The minimum atomic E-state index is -1.02. The van der Waals surface area contributed by atoms with Crippen LogP contribution < -0.4 is 0 Å². The van der Waals surface area contributed by atoms with Crippen molar-refractivity contribution in [3.8, 4) is 5.95 Å². The van der Waals surface area contributed by atoms with Gasteiger partial charge in [-0.1, -0.05) is 0 Å². The summed E-state index contributed by atoms with van der Waals surface area (Å²) >= 11 is 1.55. The van der Waals surface area contributed by atoms with Gasteiger partial charge in [-0.3, -0.25) is 0 Å². The number of carboxylic acid groups (broad SMARTS) is 1. The highest BCUT2D eigenvalue weighted by Gasteiger charge is 2.12. The highest BCUT2D eigenvalue weighted by atomic mass is 32.1. The van der Waals surface area contributed by atoms with Crippen molar-refractivity contribution in [3.05, 3.63) is 35.6 Å². The largest absolute Gasteiger partial charge is 0.478 e. The fourth-order valence-electron chi connectivity index (χ4n) is 2.04. The molecule has 0 saturated carbocycles. The van der Waals surface area contributed by atoms with Crippen molar-refractivity contribution in [1.29, 1.82) is 0 Å². The molecule has 4 aromatic rings. The number of nitrogens with one attached hydrogen (secondary N) is 1. The number of imidazole rings is 1. The second-order valence-corrected chi connectivity index (χ2v) is 5.09. The SMILES string of the molecule is O=C(O)c1cnn(-c2nc3c(ccc4scnc43)[nH]2)c1. The number of rotatable bonds is 2. The summed E-state index contributed by atoms with van der Waals surface area (Å²) in [5.74, 6) is -0.553. The highest BCUT2D eigenvalue weighted by molar-refractivity contribution is 7.16. The third-order valence-electron chi connectivity index (χ3n) is 2.99. The molecule has 0 aliphatic rings. The maximum absolute atomic E-state index is 10.9. The fourth-order valence-corrected chi connectivity index (χ4v) is 2.72. The van der Waals surface area contributed by atoms with E-state index in [1.807, 2.05) is 12.1 Å². The normalized spacial score (nSPS) is 11.4. The Hall–Kier alpha value is -2.74. The molecule has 0 radical (unpaired) electrons. The van der Waals surface area contributed by atoms with Gasteiger partial charge in [0.15, 0.2) is 0 Å².